The van der Waals surface area contributed by atoms with Crippen LogP contribution in [-0.2, 0) is 9.59 Å². The Bertz CT molecular complexity index is 587. The monoisotopic (exact) mass is 280 g/mol. The molecule has 1 aromatic rings. The zero-order valence-corrected chi connectivity index (χ0v) is 10.7. The van der Waals surface area contributed by atoms with Crippen molar-refractivity contribution in [2.75, 3.05) is 0 Å². The average Bonchev–Trinajstić information content (AvgIpc) is 3.16. The minimum atomic E-state index is -0.985. The van der Waals surface area contributed by atoms with Crippen LogP contribution in [0, 0.1) is 17.6 Å². The Morgan fingerprint density at radius 3 is 2.50 bits per heavy atom. The van der Waals surface area contributed by atoms with Crippen LogP contribution in [0.2, 0.25) is 0 Å². The number of amides is 2. The van der Waals surface area contributed by atoms with Gasteiger partial charge in [0.15, 0.2) is 11.6 Å². The van der Waals surface area contributed by atoms with Crippen molar-refractivity contribution in [2.24, 2.45) is 11.7 Å². The van der Waals surface area contributed by atoms with Gasteiger partial charge in [0, 0.05) is 12.5 Å². The van der Waals surface area contributed by atoms with E-state index in [-0.39, 0.29) is 18.4 Å². The van der Waals surface area contributed by atoms with Gasteiger partial charge in [0.05, 0.1) is 12.0 Å². The van der Waals surface area contributed by atoms with Gasteiger partial charge in [0.25, 0.3) is 0 Å². The molecule has 2 atom stereocenters. The van der Waals surface area contributed by atoms with E-state index in [9.17, 15) is 18.4 Å². The van der Waals surface area contributed by atoms with Gasteiger partial charge in [0.1, 0.15) is 0 Å². The summed E-state index contributed by atoms with van der Waals surface area (Å²) in [6.45, 7) is 0. The second-order valence-electron chi connectivity index (χ2n) is 5.36. The molecule has 6 heteroatoms. The normalized spacial score (nSPS) is 26.1. The van der Waals surface area contributed by atoms with Gasteiger partial charge >= 0.3 is 0 Å². The fourth-order valence-corrected chi connectivity index (χ4v) is 2.88. The molecular formula is C14H14F2N2O2. The van der Waals surface area contributed by atoms with Crippen LogP contribution in [-0.4, -0.2) is 22.8 Å². The topological polar surface area (TPSA) is 63.4 Å². The molecule has 1 aliphatic carbocycles. The van der Waals surface area contributed by atoms with Crippen molar-refractivity contribution in [1.82, 2.24) is 4.90 Å². The number of nitrogens with two attached hydrogens (primary N) is 1. The molecule has 2 aliphatic rings. The highest BCUT2D eigenvalue weighted by Gasteiger charge is 2.49. The summed E-state index contributed by atoms with van der Waals surface area (Å²) in [4.78, 5) is 25.2. The summed E-state index contributed by atoms with van der Waals surface area (Å²) in [5.74, 6) is -3.36. The van der Waals surface area contributed by atoms with Crippen LogP contribution in [0.5, 0.6) is 0 Å². The quantitative estimate of drug-likeness (QED) is 0.912. The van der Waals surface area contributed by atoms with Crippen molar-refractivity contribution in [3.05, 3.63) is 35.4 Å². The zero-order valence-electron chi connectivity index (χ0n) is 10.7. The Labute approximate surface area is 114 Å². The van der Waals surface area contributed by atoms with E-state index < -0.39 is 29.5 Å². The number of hydrogen-bond donors (Lipinski definition) is 1. The highest BCUT2D eigenvalue weighted by Crippen LogP contribution is 2.44. The zero-order chi connectivity index (χ0) is 14.4. The largest absolute Gasteiger partial charge is 0.369 e. The highest BCUT2D eigenvalue weighted by molar-refractivity contribution is 5.90. The van der Waals surface area contributed by atoms with E-state index in [0.29, 0.717) is 5.56 Å². The predicted molar refractivity (Wildman–Crippen MR) is 66.3 cm³/mol. The molecule has 0 spiro atoms. The standard InChI is InChI=1S/C14H14F2N2O2/c15-10-4-1-7(5-11(10)16)13-9(14(17)20)6-12(19)18(13)8-2-3-8/h1,4-5,8-9,13H,2-3,6H2,(H2,17,20)/t9-,13-/m0/s1. The highest BCUT2D eigenvalue weighted by atomic mass is 19.2. The summed E-state index contributed by atoms with van der Waals surface area (Å²) in [5.41, 5.74) is 5.77. The van der Waals surface area contributed by atoms with Gasteiger partial charge in [-0.3, -0.25) is 9.59 Å². The number of carbonyl (C=O) groups is 2. The molecule has 4 nitrogen and oxygen atoms in total. The molecule has 0 bridgehead atoms. The maximum atomic E-state index is 13.4. The van der Waals surface area contributed by atoms with Crippen LogP contribution in [0.4, 0.5) is 8.78 Å². The Kier molecular flexibility index (Phi) is 2.96. The van der Waals surface area contributed by atoms with Gasteiger partial charge in [-0.25, -0.2) is 8.78 Å². The molecule has 2 amide bonds. The number of carbonyl (C=O) groups excluding carboxylic acids is 2. The molecule has 2 N–H and O–H groups in total. The molecule has 20 heavy (non-hydrogen) atoms. The number of benzene rings is 1. The number of rotatable bonds is 3. The smallest absolute Gasteiger partial charge is 0.224 e. The molecule has 0 aromatic heterocycles. The van der Waals surface area contributed by atoms with Gasteiger partial charge < -0.3 is 10.6 Å². The summed E-state index contributed by atoms with van der Waals surface area (Å²) in [5, 5.41) is 0. The van der Waals surface area contributed by atoms with Crippen LogP contribution in [0.25, 0.3) is 0 Å². The third-order valence-electron chi connectivity index (χ3n) is 3.95. The first-order valence-corrected chi connectivity index (χ1v) is 6.54. The number of likely N-dealkylation sites (tertiary alicyclic amines) is 1. The molecule has 0 radical (unpaired) electrons. The molecule has 1 aromatic carbocycles. The number of primary amides is 1. The molecule has 1 saturated carbocycles. The van der Waals surface area contributed by atoms with Gasteiger partial charge in [-0.2, -0.15) is 0 Å². The van der Waals surface area contributed by atoms with Gasteiger partial charge in [-0.05, 0) is 30.5 Å². The van der Waals surface area contributed by atoms with E-state index in [1.807, 2.05) is 0 Å². The lowest BCUT2D eigenvalue weighted by atomic mass is 9.93. The molecule has 1 aliphatic heterocycles. The summed E-state index contributed by atoms with van der Waals surface area (Å²) in [6, 6.07) is 2.97. The number of halogens is 2. The van der Waals surface area contributed by atoms with Crippen LogP contribution in [0.1, 0.15) is 30.9 Å². The Balaban J connectivity index is 2.02. The third kappa shape index (κ3) is 2.05. The number of nitrogens with zero attached hydrogens (tertiary/aromatic N) is 1. The SMILES string of the molecule is NC(=O)[C@H]1CC(=O)N(C2CC2)[C@H]1c1ccc(F)c(F)c1. The first kappa shape index (κ1) is 13.0. The molecule has 2 fully saturated rings. The van der Waals surface area contributed by atoms with Gasteiger partial charge in [-0.15, -0.1) is 0 Å². The minimum Gasteiger partial charge on any atom is -0.369 e. The minimum absolute atomic E-state index is 0.0372. The predicted octanol–water partition coefficient (Wildman–Crippen LogP) is 1.50. The van der Waals surface area contributed by atoms with Crippen molar-refractivity contribution >= 4 is 11.8 Å². The summed E-state index contributed by atoms with van der Waals surface area (Å²) < 4.78 is 26.4. The first-order valence-electron chi connectivity index (χ1n) is 6.54. The summed E-state index contributed by atoms with van der Waals surface area (Å²) >= 11 is 0. The van der Waals surface area contributed by atoms with E-state index >= 15 is 0 Å². The maximum Gasteiger partial charge on any atom is 0.224 e. The number of hydrogen-bond acceptors (Lipinski definition) is 2. The second-order valence-corrected chi connectivity index (χ2v) is 5.36. The van der Waals surface area contributed by atoms with Crippen molar-refractivity contribution in [3.63, 3.8) is 0 Å². The lowest BCUT2D eigenvalue weighted by Gasteiger charge is -2.27. The van der Waals surface area contributed by atoms with E-state index in [0.717, 1.165) is 25.0 Å². The van der Waals surface area contributed by atoms with E-state index in [4.69, 9.17) is 5.73 Å². The average molecular weight is 280 g/mol. The summed E-state index contributed by atoms with van der Waals surface area (Å²) in [7, 11) is 0. The van der Waals surface area contributed by atoms with Crippen LogP contribution in [0.3, 0.4) is 0 Å². The van der Waals surface area contributed by atoms with Crippen LogP contribution >= 0.6 is 0 Å². The molecule has 1 heterocycles. The molecule has 0 unspecified atom stereocenters. The fraction of sp³-hybridized carbons (Fsp3) is 0.429. The van der Waals surface area contributed by atoms with Crippen molar-refractivity contribution < 1.29 is 18.4 Å². The second kappa shape index (κ2) is 4.54. The van der Waals surface area contributed by atoms with Gasteiger partial charge in [-0.1, -0.05) is 6.07 Å². The molecule has 3 rings (SSSR count). The molecule has 106 valence electrons. The van der Waals surface area contributed by atoms with Crippen molar-refractivity contribution in [3.8, 4) is 0 Å². The van der Waals surface area contributed by atoms with Crippen LogP contribution < -0.4 is 5.73 Å². The van der Waals surface area contributed by atoms with Crippen molar-refractivity contribution in [2.45, 2.75) is 31.3 Å². The van der Waals surface area contributed by atoms with Gasteiger partial charge in [0.2, 0.25) is 11.8 Å². The fourth-order valence-electron chi connectivity index (χ4n) is 2.88. The Hall–Kier alpha value is -1.98. The molecule has 1 saturated heterocycles. The Morgan fingerprint density at radius 1 is 1.25 bits per heavy atom. The maximum absolute atomic E-state index is 13.4. The third-order valence-corrected chi connectivity index (χ3v) is 3.95. The van der Waals surface area contributed by atoms with E-state index in [1.54, 1.807) is 4.90 Å². The summed E-state index contributed by atoms with van der Waals surface area (Å²) in [6.07, 6.45) is 1.78. The lowest BCUT2D eigenvalue weighted by molar-refractivity contribution is -0.129. The van der Waals surface area contributed by atoms with E-state index in [2.05, 4.69) is 0 Å². The molecular weight excluding hydrogens is 266 g/mol. The first-order chi connectivity index (χ1) is 9.49. The van der Waals surface area contributed by atoms with Crippen LogP contribution in [0.15, 0.2) is 18.2 Å². The van der Waals surface area contributed by atoms with Crippen molar-refractivity contribution in [1.29, 1.82) is 0 Å². The lowest BCUT2D eigenvalue weighted by Crippen LogP contribution is -2.34. The Morgan fingerprint density at radius 2 is 1.95 bits per heavy atom. The van der Waals surface area contributed by atoms with E-state index in [1.165, 1.54) is 6.07 Å².